The van der Waals surface area contributed by atoms with E-state index in [1.54, 1.807) is 12.3 Å². The second kappa shape index (κ2) is 7.74. The van der Waals surface area contributed by atoms with Gasteiger partial charge in [0.15, 0.2) is 5.69 Å². The van der Waals surface area contributed by atoms with Gasteiger partial charge < -0.3 is 10.2 Å². The highest BCUT2D eigenvalue weighted by Gasteiger charge is 2.37. The molecule has 2 aliphatic rings. The Morgan fingerprint density at radius 3 is 2.66 bits per heavy atom. The number of benzene rings is 1. The van der Waals surface area contributed by atoms with Gasteiger partial charge in [-0.1, -0.05) is 6.07 Å². The van der Waals surface area contributed by atoms with Crippen LogP contribution in [0.5, 0.6) is 0 Å². The highest BCUT2D eigenvalue weighted by atomic mass is 19.4. The lowest BCUT2D eigenvalue weighted by molar-refractivity contribution is -0.141. The third kappa shape index (κ3) is 3.56. The lowest BCUT2D eigenvalue weighted by atomic mass is 9.93. The standard InChI is InChI=1S/C23H22F3N5O/c1-30-19-3-2-9-27-13-17(19)16-5-4-15(12-20(16)30)31-10-8-14(11-22(31)32)18-6-7-21(29-28-18)23(24,25)26/h4-8,10-12,17,19,27H,2-3,9,13H2,1H3. The molecule has 0 radical (unpaired) electrons. The summed E-state index contributed by atoms with van der Waals surface area (Å²) in [7, 11) is 2.10. The number of halogens is 3. The summed E-state index contributed by atoms with van der Waals surface area (Å²) in [5, 5.41) is 10.4. The largest absolute Gasteiger partial charge is 0.435 e. The number of nitrogens with one attached hydrogen (secondary N) is 1. The summed E-state index contributed by atoms with van der Waals surface area (Å²) in [5.41, 5.74) is 2.44. The maximum Gasteiger partial charge on any atom is 0.435 e. The first-order valence-electron chi connectivity index (χ1n) is 10.5. The molecule has 0 saturated carbocycles. The Kier molecular flexibility index (Phi) is 5.00. The fraction of sp³-hybridized carbons (Fsp3) is 0.348. The molecule has 0 aliphatic carbocycles. The molecule has 2 aromatic heterocycles. The zero-order valence-corrected chi connectivity index (χ0v) is 17.4. The minimum absolute atomic E-state index is 0.212. The molecule has 2 aliphatic heterocycles. The zero-order valence-electron chi connectivity index (χ0n) is 17.4. The SMILES string of the molecule is CN1c2cc(-n3ccc(-c4ccc(C(F)(F)F)nn4)cc3=O)ccc2C2CNCCCC21. The number of likely N-dealkylation sites (N-methyl/N-ethyl adjacent to an activating group) is 1. The van der Waals surface area contributed by atoms with E-state index in [4.69, 9.17) is 0 Å². The van der Waals surface area contributed by atoms with Crippen molar-refractivity contribution in [2.75, 3.05) is 25.0 Å². The van der Waals surface area contributed by atoms with Gasteiger partial charge in [-0.2, -0.15) is 13.2 Å². The van der Waals surface area contributed by atoms with Gasteiger partial charge in [0.1, 0.15) is 0 Å². The summed E-state index contributed by atoms with van der Waals surface area (Å²) in [6.07, 6.45) is -0.670. The number of hydrogen-bond donors (Lipinski definition) is 1. The lowest BCUT2D eigenvalue weighted by Gasteiger charge is -2.25. The van der Waals surface area contributed by atoms with Crippen LogP contribution in [-0.2, 0) is 6.18 Å². The highest BCUT2D eigenvalue weighted by molar-refractivity contribution is 5.66. The predicted octanol–water partition coefficient (Wildman–Crippen LogP) is 3.60. The first-order valence-corrected chi connectivity index (χ1v) is 10.5. The van der Waals surface area contributed by atoms with Gasteiger partial charge in [-0.15, -0.1) is 10.2 Å². The molecule has 4 heterocycles. The molecule has 1 aromatic carbocycles. The highest BCUT2D eigenvalue weighted by Crippen LogP contribution is 2.43. The molecule has 2 atom stereocenters. The fourth-order valence-electron chi connectivity index (χ4n) is 4.78. The molecule has 6 nitrogen and oxygen atoms in total. The number of rotatable bonds is 2. The summed E-state index contributed by atoms with van der Waals surface area (Å²) < 4.78 is 39.6. The Balaban J connectivity index is 1.46. The third-order valence-corrected chi connectivity index (χ3v) is 6.42. The van der Waals surface area contributed by atoms with Crippen molar-refractivity contribution in [3.05, 3.63) is 70.3 Å². The minimum Gasteiger partial charge on any atom is -0.371 e. The molecule has 32 heavy (non-hydrogen) atoms. The van der Waals surface area contributed by atoms with Crippen molar-refractivity contribution in [1.29, 1.82) is 0 Å². The summed E-state index contributed by atoms with van der Waals surface area (Å²) >= 11 is 0. The van der Waals surface area contributed by atoms with Crippen molar-refractivity contribution in [3.8, 4) is 16.9 Å². The molecular formula is C23H22F3N5O. The lowest BCUT2D eigenvalue weighted by Crippen LogP contribution is -2.32. The second-order valence-electron chi connectivity index (χ2n) is 8.30. The molecule has 2 unspecified atom stereocenters. The van der Waals surface area contributed by atoms with Crippen LogP contribution in [0.2, 0.25) is 0 Å². The van der Waals surface area contributed by atoms with Crippen molar-refractivity contribution in [2.45, 2.75) is 31.0 Å². The van der Waals surface area contributed by atoms with Crippen LogP contribution in [0.4, 0.5) is 18.9 Å². The number of aromatic nitrogens is 3. The van der Waals surface area contributed by atoms with Crippen LogP contribution in [0.15, 0.2) is 53.5 Å². The Labute approximate surface area is 182 Å². The first-order chi connectivity index (χ1) is 15.3. The maximum atomic E-state index is 12.8. The average molecular weight is 441 g/mol. The maximum absolute atomic E-state index is 12.8. The van der Waals surface area contributed by atoms with Crippen LogP contribution in [0.25, 0.3) is 16.9 Å². The second-order valence-corrected chi connectivity index (χ2v) is 8.30. The van der Waals surface area contributed by atoms with E-state index in [1.165, 1.54) is 22.3 Å². The quantitative estimate of drug-likeness (QED) is 0.659. The topological polar surface area (TPSA) is 63.1 Å². The van der Waals surface area contributed by atoms with E-state index in [1.807, 2.05) is 12.1 Å². The molecule has 1 saturated heterocycles. The van der Waals surface area contributed by atoms with Crippen LogP contribution in [-0.4, -0.2) is 40.9 Å². The van der Waals surface area contributed by atoms with Crippen molar-refractivity contribution in [1.82, 2.24) is 20.1 Å². The molecule has 0 spiro atoms. The van der Waals surface area contributed by atoms with Gasteiger partial charge in [-0.25, -0.2) is 0 Å². The fourth-order valence-corrected chi connectivity index (χ4v) is 4.78. The first kappa shape index (κ1) is 20.7. The van der Waals surface area contributed by atoms with Crippen LogP contribution in [0, 0.1) is 0 Å². The number of nitrogens with zero attached hydrogens (tertiary/aromatic N) is 4. The molecule has 1 fully saturated rings. The van der Waals surface area contributed by atoms with Crippen molar-refractivity contribution < 1.29 is 13.2 Å². The van der Waals surface area contributed by atoms with Crippen molar-refractivity contribution >= 4 is 5.69 Å². The van der Waals surface area contributed by atoms with E-state index in [-0.39, 0.29) is 11.3 Å². The Bertz CT molecular complexity index is 1210. The van der Waals surface area contributed by atoms with Crippen molar-refractivity contribution in [3.63, 3.8) is 0 Å². The number of fused-ring (bicyclic) bond motifs is 3. The number of pyridine rings is 1. The molecule has 1 N–H and O–H groups in total. The van der Waals surface area contributed by atoms with Gasteiger partial charge >= 0.3 is 6.18 Å². The van der Waals surface area contributed by atoms with Gasteiger partial charge in [-0.3, -0.25) is 9.36 Å². The molecule has 0 amide bonds. The van der Waals surface area contributed by atoms with Gasteiger partial charge in [0, 0.05) is 49.1 Å². The number of hydrogen-bond acceptors (Lipinski definition) is 5. The average Bonchev–Trinajstić information content (AvgIpc) is 2.93. The summed E-state index contributed by atoms with van der Waals surface area (Å²) in [6.45, 7) is 1.99. The van der Waals surface area contributed by atoms with Gasteiger partial charge in [-0.05, 0) is 55.3 Å². The molecular weight excluding hydrogens is 419 g/mol. The minimum atomic E-state index is -4.55. The Morgan fingerprint density at radius 2 is 1.94 bits per heavy atom. The Hall–Kier alpha value is -3.20. The molecule has 0 bridgehead atoms. The molecule has 5 rings (SSSR count). The van der Waals surface area contributed by atoms with Gasteiger partial charge in [0.25, 0.3) is 5.56 Å². The summed E-state index contributed by atoms with van der Waals surface area (Å²) in [6, 6.07) is 11.6. The third-order valence-electron chi connectivity index (χ3n) is 6.42. The van der Waals surface area contributed by atoms with E-state index in [2.05, 4.69) is 33.5 Å². The molecule has 166 valence electrons. The van der Waals surface area contributed by atoms with Gasteiger partial charge in [0.05, 0.1) is 11.4 Å². The van der Waals surface area contributed by atoms with E-state index < -0.39 is 11.9 Å². The van der Waals surface area contributed by atoms with Crippen LogP contribution in [0.3, 0.4) is 0 Å². The van der Waals surface area contributed by atoms with Crippen LogP contribution >= 0.6 is 0 Å². The van der Waals surface area contributed by atoms with Crippen LogP contribution in [0.1, 0.15) is 30.0 Å². The summed E-state index contributed by atoms with van der Waals surface area (Å²) in [4.78, 5) is 15.1. The van der Waals surface area contributed by atoms with E-state index in [9.17, 15) is 18.0 Å². The Morgan fingerprint density at radius 1 is 1.09 bits per heavy atom. The number of alkyl halides is 3. The summed E-state index contributed by atoms with van der Waals surface area (Å²) in [5.74, 6) is 0.434. The molecule has 3 aromatic rings. The molecule has 9 heteroatoms. The van der Waals surface area contributed by atoms with Crippen molar-refractivity contribution in [2.24, 2.45) is 0 Å². The monoisotopic (exact) mass is 441 g/mol. The predicted molar refractivity (Wildman–Crippen MR) is 115 cm³/mol. The van der Waals surface area contributed by atoms with E-state index in [0.717, 1.165) is 43.4 Å². The van der Waals surface area contributed by atoms with Crippen LogP contribution < -0.4 is 15.8 Å². The smallest absolute Gasteiger partial charge is 0.371 e. The van der Waals surface area contributed by atoms with Gasteiger partial charge in [0.2, 0.25) is 0 Å². The zero-order chi connectivity index (χ0) is 22.5. The van der Waals surface area contributed by atoms with E-state index >= 15 is 0 Å². The number of anilines is 1. The normalized spacial score (nSPS) is 20.6. The van der Waals surface area contributed by atoms with E-state index in [0.29, 0.717) is 17.5 Å².